The van der Waals surface area contributed by atoms with Crippen LogP contribution in [0.25, 0.3) is 0 Å². The Morgan fingerprint density at radius 2 is 1.91 bits per heavy atom. The molecule has 3 aliphatic rings. The summed E-state index contributed by atoms with van der Waals surface area (Å²) in [6, 6.07) is 3.75. The molecule has 2 nitrogen and oxygen atoms in total. The van der Waals surface area contributed by atoms with Crippen LogP contribution >= 0.6 is 0 Å². The molecule has 0 spiro atoms. The van der Waals surface area contributed by atoms with Gasteiger partial charge < -0.3 is 5.32 Å². The summed E-state index contributed by atoms with van der Waals surface area (Å²) in [4.78, 5) is 0. The van der Waals surface area contributed by atoms with Crippen molar-refractivity contribution in [2.24, 2.45) is 11.8 Å². The van der Waals surface area contributed by atoms with E-state index in [1.807, 2.05) is 0 Å². The zero-order valence-corrected chi connectivity index (χ0v) is 14.4. The molecule has 0 aromatic carbocycles. The van der Waals surface area contributed by atoms with Crippen LogP contribution in [0.15, 0.2) is 35.5 Å². The minimum atomic E-state index is 0.0793. The van der Waals surface area contributed by atoms with Gasteiger partial charge in [0.25, 0.3) is 0 Å². The third kappa shape index (κ3) is 4.36. The molecule has 2 heteroatoms. The Kier molecular flexibility index (Phi) is 5.73. The summed E-state index contributed by atoms with van der Waals surface area (Å²) in [7, 11) is 0. The van der Waals surface area contributed by atoms with Gasteiger partial charge in [-0.25, -0.2) is 0 Å². The summed E-state index contributed by atoms with van der Waals surface area (Å²) in [6.07, 6.45) is 20.3. The Morgan fingerprint density at radius 1 is 1.09 bits per heavy atom. The van der Waals surface area contributed by atoms with Crippen molar-refractivity contribution in [1.29, 1.82) is 5.26 Å². The highest BCUT2D eigenvalue weighted by Gasteiger charge is 2.24. The van der Waals surface area contributed by atoms with Gasteiger partial charge in [-0.15, -0.1) is 0 Å². The zero-order chi connectivity index (χ0) is 16.1. The molecular formula is C21H30N2. The number of rotatable bonds is 4. The first-order chi connectivity index (χ1) is 11.3. The third-order valence-corrected chi connectivity index (χ3v) is 5.94. The summed E-state index contributed by atoms with van der Waals surface area (Å²) in [5, 5.41) is 12.9. The Bertz CT molecular complexity index is 527. The van der Waals surface area contributed by atoms with E-state index in [9.17, 15) is 0 Å². The van der Waals surface area contributed by atoms with Crippen LogP contribution in [0.5, 0.6) is 0 Å². The Balaban J connectivity index is 1.47. The lowest BCUT2D eigenvalue weighted by atomic mass is 9.83. The van der Waals surface area contributed by atoms with Gasteiger partial charge in [-0.05, 0) is 68.4 Å². The normalized spacial score (nSPS) is 34.4. The summed E-state index contributed by atoms with van der Waals surface area (Å²) in [5.74, 6) is 1.06. The van der Waals surface area contributed by atoms with Crippen LogP contribution in [-0.2, 0) is 0 Å². The average Bonchev–Trinajstić information content (AvgIpc) is 2.63. The van der Waals surface area contributed by atoms with E-state index in [1.54, 1.807) is 0 Å². The number of nitrogens with zero attached hydrogens (tertiary/aromatic N) is 1. The molecule has 23 heavy (non-hydrogen) atoms. The maximum Gasteiger partial charge on any atom is 0.0700 e. The predicted molar refractivity (Wildman–Crippen MR) is 95.8 cm³/mol. The van der Waals surface area contributed by atoms with Crippen LogP contribution in [0, 0.1) is 23.2 Å². The highest BCUT2D eigenvalue weighted by atomic mass is 14.9. The molecule has 1 saturated carbocycles. The minimum absolute atomic E-state index is 0.0793. The van der Waals surface area contributed by atoms with Crippen molar-refractivity contribution >= 4 is 0 Å². The molecule has 2 unspecified atom stereocenters. The lowest BCUT2D eigenvalue weighted by Gasteiger charge is -2.33. The van der Waals surface area contributed by atoms with Crippen molar-refractivity contribution in [3.05, 3.63) is 35.5 Å². The topological polar surface area (TPSA) is 35.8 Å². The van der Waals surface area contributed by atoms with Crippen molar-refractivity contribution in [2.45, 2.75) is 76.8 Å². The SMILES string of the molecule is CCC1CCC(NC2CC=C(C3=CCC(C#N)C=C3)CC2)CC1. The molecular weight excluding hydrogens is 280 g/mol. The summed E-state index contributed by atoms with van der Waals surface area (Å²) in [5.41, 5.74) is 2.85. The van der Waals surface area contributed by atoms with Crippen LogP contribution in [0.1, 0.15) is 64.7 Å². The number of nitrogens with one attached hydrogen (secondary N) is 1. The molecule has 0 aromatic rings. The van der Waals surface area contributed by atoms with E-state index in [0.717, 1.165) is 24.8 Å². The van der Waals surface area contributed by atoms with E-state index >= 15 is 0 Å². The molecule has 0 saturated heterocycles. The van der Waals surface area contributed by atoms with Gasteiger partial charge in [0.2, 0.25) is 0 Å². The average molecular weight is 310 g/mol. The first-order valence-corrected chi connectivity index (χ1v) is 9.52. The fourth-order valence-corrected chi connectivity index (χ4v) is 4.27. The summed E-state index contributed by atoms with van der Waals surface area (Å²) >= 11 is 0. The molecule has 0 bridgehead atoms. The first-order valence-electron chi connectivity index (χ1n) is 9.52. The quantitative estimate of drug-likeness (QED) is 0.788. The predicted octanol–water partition coefficient (Wildman–Crippen LogP) is 5.05. The molecule has 124 valence electrons. The third-order valence-electron chi connectivity index (χ3n) is 5.94. The monoisotopic (exact) mass is 310 g/mol. The van der Waals surface area contributed by atoms with Gasteiger partial charge in [0.15, 0.2) is 0 Å². The van der Waals surface area contributed by atoms with Gasteiger partial charge in [0, 0.05) is 12.1 Å². The van der Waals surface area contributed by atoms with E-state index in [2.05, 4.69) is 42.6 Å². The van der Waals surface area contributed by atoms with Crippen LogP contribution < -0.4 is 5.32 Å². The lowest BCUT2D eigenvalue weighted by molar-refractivity contribution is 0.263. The van der Waals surface area contributed by atoms with Crippen molar-refractivity contribution in [3.63, 3.8) is 0 Å². The Hall–Kier alpha value is -1.33. The molecule has 3 aliphatic carbocycles. The van der Waals surface area contributed by atoms with Crippen molar-refractivity contribution in [1.82, 2.24) is 5.32 Å². The highest BCUT2D eigenvalue weighted by Crippen LogP contribution is 2.31. The highest BCUT2D eigenvalue weighted by molar-refractivity contribution is 5.43. The fourth-order valence-electron chi connectivity index (χ4n) is 4.27. The van der Waals surface area contributed by atoms with Gasteiger partial charge in [-0.2, -0.15) is 5.26 Å². The molecule has 0 aliphatic heterocycles. The van der Waals surface area contributed by atoms with Crippen molar-refractivity contribution in [2.75, 3.05) is 0 Å². The Labute approximate surface area is 141 Å². The largest absolute Gasteiger partial charge is 0.311 e. The van der Waals surface area contributed by atoms with Gasteiger partial charge in [0.1, 0.15) is 0 Å². The molecule has 0 aromatic heterocycles. The van der Waals surface area contributed by atoms with Gasteiger partial charge in [0.05, 0.1) is 12.0 Å². The van der Waals surface area contributed by atoms with E-state index in [0.29, 0.717) is 6.04 Å². The second-order valence-corrected chi connectivity index (χ2v) is 7.48. The van der Waals surface area contributed by atoms with E-state index in [4.69, 9.17) is 5.26 Å². The fraction of sp³-hybridized carbons (Fsp3) is 0.667. The van der Waals surface area contributed by atoms with Crippen LogP contribution in [0.3, 0.4) is 0 Å². The van der Waals surface area contributed by atoms with Gasteiger partial charge in [-0.1, -0.05) is 37.6 Å². The number of hydrogen-bond donors (Lipinski definition) is 1. The smallest absolute Gasteiger partial charge is 0.0700 e. The molecule has 1 N–H and O–H groups in total. The summed E-state index contributed by atoms with van der Waals surface area (Å²) in [6.45, 7) is 2.33. The molecule has 2 atom stereocenters. The zero-order valence-electron chi connectivity index (χ0n) is 14.4. The summed E-state index contributed by atoms with van der Waals surface area (Å²) < 4.78 is 0. The van der Waals surface area contributed by atoms with E-state index < -0.39 is 0 Å². The molecule has 0 radical (unpaired) electrons. The molecule has 1 fully saturated rings. The van der Waals surface area contributed by atoms with Crippen LogP contribution in [0.2, 0.25) is 0 Å². The standard InChI is InChI=1S/C21H30N2/c1-2-16-5-11-20(12-6-16)23-21-13-9-19(10-14-21)18-7-3-17(15-22)4-8-18/h3,7-9,16-17,20-21,23H,2,4-6,10-14H2,1H3. The van der Waals surface area contributed by atoms with Crippen molar-refractivity contribution in [3.8, 4) is 6.07 Å². The van der Waals surface area contributed by atoms with Gasteiger partial charge in [-0.3, -0.25) is 0 Å². The number of allylic oxidation sites excluding steroid dienone is 5. The molecule has 0 amide bonds. The van der Waals surface area contributed by atoms with Crippen LogP contribution in [-0.4, -0.2) is 12.1 Å². The number of nitriles is 1. The minimum Gasteiger partial charge on any atom is -0.311 e. The maximum atomic E-state index is 8.96. The van der Waals surface area contributed by atoms with Crippen molar-refractivity contribution < 1.29 is 0 Å². The second kappa shape index (κ2) is 7.97. The molecule has 3 rings (SSSR count). The lowest BCUT2D eigenvalue weighted by Crippen LogP contribution is -2.41. The van der Waals surface area contributed by atoms with Crippen LogP contribution in [0.4, 0.5) is 0 Å². The van der Waals surface area contributed by atoms with E-state index in [1.165, 1.54) is 56.1 Å². The Morgan fingerprint density at radius 3 is 2.48 bits per heavy atom. The van der Waals surface area contributed by atoms with Gasteiger partial charge >= 0.3 is 0 Å². The molecule has 0 heterocycles. The van der Waals surface area contributed by atoms with E-state index in [-0.39, 0.29) is 5.92 Å². The first kappa shape index (κ1) is 16.5. The second-order valence-electron chi connectivity index (χ2n) is 7.48. The maximum absolute atomic E-state index is 8.96. The number of hydrogen-bond acceptors (Lipinski definition) is 2.